The number of alkyl halides is 3. The highest BCUT2D eigenvalue weighted by Crippen LogP contribution is 2.53. The fourth-order valence-electron chi connectivity index (χ4n) is 5.64. The predicted octanol–water partition coefficient (Wildman–Crippen LogP) is 8.87. The average molecular weight is 651 g/mol. The standard InChI is InChI=1S/C36H38F3N2O4P/c1-3-5-14-28(13-4-2)25-44-46(43,45-26-29-19-22-40-23-20-29)24-12-6-11-21-35(34(42)41-27-36(37,38)39)32-17-9-7-15-30(32)31-16-8-10-18-33(31)35/h3-5,7-10,13-20,22-23H,1-2,6,11-12,21,24-27H2,(H,41,42)/b14-5-,28-13+. The van der Waals surface area contributed by atoms with Crippen molar-refractivity contribution in [3.05, 3.63) is 139 Å². The van der Waals surface area contributed by atoms with Crippen LogP contribution in [-0.4, -0.2) is 36.4 Å². The third-order valence-corrected chi connectivity index (χ3v) is 9.68. The maximum atomic E-state index is 13.9. The van der Waals surface area contributed by atoms with Gasteiger partial charge in [-0.25, -0.2) is 0 Å². The van der Waals surface area contributed by atoms with Crippen LogP contribution in [0.15, 0.2) is 122 Å². The van der Waals surface area contributed by atoms with Crippen LogP contribution < -0.4 is 5.32 Å². The number of carbonyl (C=O) groups is 1. The quantitative estimate of drug-likeness (QED) is 0.0898. The summed E-state index contributed by atoms with van der Waals surface area (Å²) in [5, 5.41) is 2.16. The highest BCUT2D eigenvalue weighted by atomic mass is 31.2. The van der Waals surface area contributed by atoms with Crippen molar-refractivity contribution in [2.75, 3.05) is 19.3 Å². The van der Waals surface area contributed by atoms with Gasteiger partial charge in [-0.2, -0.15) is 13.2 Å². The van der Waals surface area contributed by atoms with Gasteiger partial charge in [-0.15, -0.1) is 0 Å². The minimum Gasteiger partial charge on any atom is -0.346 e. The van der Waals surface area contributed by atoms with E-state index in [-0.39, 0.29) is 25.8 Å². The third kappa shape index (κ3) is 8.81. The molecule has 46 heavy (non-hydrogen) atoms. The lowest BCUT2D eigenvalue weighted by Gasteiger charge is -2.31. The second-order valence-electron chi connectivity index (χ2n) is 10.9. The fourth-order valence-corrected chi connectivity index (χ4v) is 7.28. The molecule has 0 radical (unpaired) electrons. The van der Waals surface area contributed by atoms with Crippen molar-refractivity contribution in [2.24, 2.45) is 0 Å². The molecule has 0 saturated heterocycles. The molecule has 0 fully saturated rings. The molecule has 6 nitrogen and oxygen atoms in total. The summed E-state index contributed by atoms with van der Waals surface area (Å²) in [5.41, 5.74) is 3.25. The van der Waals surface area contributed by atoms with Crippen molar-refractivity contribution in [3.63, 3.8) is 0 Å². The van der Waals surface area contributed by atoms with Crippen LogP contribution in [-0.2, 0) is 30.4 Å². The van der Waals surface area contributed by atoms with E-state index in [0.29, 0.717) is 30.4 Å². The van der Waals surface area contributed by atoms with E-state index < -0.39 is 31.6 Å². The minimum absolute atomic E-state index is 0.0278. The molecule has 1 unspecified atom stereocenters. The zero-order chi connectivity index (χ0) is 33.0. The first kappa shape index (κ1) is 34.8. The summed E-state index contributed by atoms with van der Waals surface area (Å²) in [7, 11) is -3.59. The van der Waals surface area contributed by atoms with Gasteiger partial charge in [0.1, 0.15) is 12.0 Å². The number of amides is 1. The summed E-state index contributed by atoms with van der Waals surface area (Å²) in [4.78, 5) is 17.7. The zero-order valence-corrected chi connectivity index (χ0v) is 26.4. The van der Waals surface area contributed by atoms with Gasteiger partial charge in [0.2, 0.25) is 5.91 Å². The second kappa shape index (κ2) is 16.0. The van der Waals surface area contributed by atoms with E-state index in [1.807, 2.05) is 36.4 Å². The minimum atomic E-state index is -4.55. The maximum absolute atomic E-state index is 13.9. The number of unbranched alkanes of at least 4 members (excludes halogenated alkanes) is 2. The van der Waals surface area contributed by atoms with Crippen molar-refractivity contribution >= 4 is 13.5 Å². The Hall–Kier alpha value is -4.04. The molecule has 1 aliphatic carbocycles. The molecule has 0 saturated carbocycles. The lowest BCUT2D eigenvalue weighted by atomic mass is 9.73. The molecule has 0 aliphatic heterocycles. The first-order valence-corrected chi connectivity index (χ1v) is 16.8. The topological polar surface area (TPSA) is 77.5 Å². The number of carbonyl (C=O) groups excluding carboxylic acids is 1. The number of pyridine rings is 1. The molecule has 1 amide bonds. The van der Waals surface area contributed by atoms with Gasteiger partial charge >= 0.3 is 13.8 Å². The highest BCUT2D eigenvalue weighted by molar-refractivity contribution is 7.53. The van der Waals surface area contributed by atoms with Gasteiger partial charge in [0, 0.05) is 12.4 Å². The molecule has 1 heterocycles. The molecule has 0 bridgehead atoms. The summed E-state index contributed by atoms with van der Waals surface area (Å²) in [6.07, 6.45) is 9.03. The Morgan fingerprint density at radius 3 is 2.17 bits per heavy atom. The number of aromatic nitrogens is 1. The Morgan fingerprint density at radius 2 is 1.57 bits per heavy atom. The Kier molecular flexibility index (Phi) is 12.1. The van der Waals surface area contributed by atoms with E-state index in [9.17, 15) is 22.5 Å². The van der Waals surface area contributed by atoms with Crippen LogP contribution in [0.2, 0.25) is 0 Å². The number of rotatable bonds is 17. The Balaban J connectivity index is 1.50. The maximum Gasteiger partial charge on any atom is 0.405 e. The highest BCUT2D eigenvalue weighted by Gasteiger charge is 2.49. The number of nitrogens with zero attached hydrogens (tertiary/aromatic N) is 1. The first-order chi connectivity index (χ1) is 22.1. The summed E-state index contributed by atoms with van der Waals surface area (Å²) in [6.45, 7) is 6.07. The van der Waals surface area contributed by atoms with Crippen molar-refractivity contribution < 1.29 is 31.6 Å². The summed E-state index contributed by atoms with van der Waals surface area (Å²) >= 11 is 0. The molecule has 10 heteroatoms. The van der Waals surface area contributed by atoms with Gasteiger partial charge in [0.15, 0.2) is 0 Å². The van der Waals surface area contributed by atoms with Crippen LogP contribution in [0.3, 0.4) is 0 Å². The molecule has 4 rings (SSSR count). The Bertz CT molecular complexity index is 1570. The molecular formula is C36H38F3N2O4P. The number of hydrogen-bond donors (Lipinski definition) is 1. The number of fused-ring (bicyclic) bond motifs is 3. The molecule has 1 atom stereocenters. The third-order valence-electron chi connectivity index (χ3n) is 7.77. The van der Waals surface area contributed by atoms with Gasteiger partial charge in [0.05, 0.1) is 19.4 Å². The number of benzene rings is 2. The van der Waals surface area contributed by atoms with Crippen LogP contribution >= 0.6 is 7.60 Å². The smallest absolute Gasteiger partial charge is 0.346 e. The van der Waals surface area contributed by atoms with Gasteiger partial charge in [0.25, 0.3) is 0 Å². The van der Waals surface area contributed by atoms with E-state index in [2.05, 4.69) is 23.5 Å². The second-order valence-corrected chi connectivity index (χ2v) is 13.1. The molecule has 1 aliphatic rings. The largest absolute Gasteiger partial charge is 0.405 e. The van der Waals surface area contributed by atoms with Crippen molar-refractivity contribution in [1.29, 1.82) is 0 Å². The van der Waals surface area contributed by atoms with E-state index >= 15 is 0 Å². The van der Waals surface area contributed by atoms with E-state index in [1.54, 1.807) is 67.0 Å². The fraction of sp³-hybridized carbons (Fsp3) is 0.278. The molecule has 242 valence electrons. The number of halogens is 3. The monoisotopic (exact) mass is 650 g/mol. The first-order valence-electron chi connectivity index (χ1n) is 15.0. The Labute approximate surface area is 268 Å². The SMILES string of the molecule is C=C/C=C\C(=C/C=C)COP(=O)(CCCCCC1(C(=O)NCC(F)(F)F)c2ccccc2-c2ccccc21)OCc1ccncc1. The van der Waals surface area contributed by atoms with Gasteiger partial charge in [-0.3, -0.25) is 14.3 Å². The Morgan fingerprint density at radius 1 is 0.913 bits per heavy atom. The summed E-state index contributed by atoms with van der Waals surface area (Å²) in [5.74, 6) is -0.689. The van der Waals surface area contributed by atoms with Crippen LogP contribution in [0.4, 0.5) is 13.2 Å². The van der Waals surface area contributed by atoms with Crippen molar-refractivity contribution in [2.45, 2.75) is 43.9 Å². The molecular weight excluding hydrogens is 612 g/mol. The van der Waals surface area contributed by atoms with E-state index in [4.69, 9.17) is 9.05 Å². The average Bonchev–Trinajstić information content (AvgIpc) is 3.34. The predicted molar refractivity (Wildman–Crippen MR) is 175 cm³/mol. The van der Waals surface area contributed by atoms with E-state index in [0.717, 1.165) is 22.3 Å². The zero-order valence-electron chi connectivity index (χ0n) is 25.5. The van der Waals surface area contributed by atoms with Crippen LogP contribution in [0.5, 0.6) is 0 Å². The number of hydrogen-bond acceptors (Lipinski definition) is 5. The summed E-state index contributed by atoms with van der Waals surface area (Å²) in [6, 6.07) is 18.2. The van der Waals surface area contributed by atoms with Crippen LogP contribution in [0.1, 0.15) is 42.4 Å². The molecule has 3 aromatic rings. The summed E-state index contributed by atoms with van der Waals surface area (Å²) < 4.78 is 65.3. The normalized spacial score (nSPS) is 15.2. The van der Waals surface area contributed by atoms with Crippen LogP contribution in [0.25, 0.3) is 11.1 Å². The lowest BCUT2D eigenvalue weighted by Crippen LogP contribution is -2.47. The van der Waals surface area contributed by atoms with Gasteiger partial charge < -0.3 is 14.4 Å². The number of allylic oxidation sites excluding steroid dienone is 4. The van der Waals surface area contributed by atoms with Crippen molar-refractivity contribution in [3.8, 4) is 11.1 Å². The molecule has 0 spiro atoms. The lowest BCUT2D eigenvalue weighted by molar-refractivity contribution is -0.141. The molecule has 1 N–H and O–H groups in total. The van der Waals surface area contributed by atoms with Gasteiger partial charge in [-0.1, -0.05) is 105 Å². The molecule has 1 aromatic heterocycles. The van der Waals surface area contributed by atoms with Crippen LogP contribution in [0, 0.1) is 0 Å². The number of nitrogens with one attached hydrogen (secondary N) is 1. The van der Waals surface area contributed by atoms with E-state index in [1.165, 1.54) is 0 Å². The van der Waals surface area contributed by atoms with Gasteiger partial charge in [-0.05, 0) is 58.4 Å². The van der Waals surface area contributed by atoms with Crippen molar-refractivity contribution in [1.82, 2.24) is 10.3 Å². The molecule has 2 aromatic carbocycles.